The van der Waals surface area contributed by atoms with Gasteiger partial charge in [-0.2, -0.15) is 0 Å². The maximum Gasteiger partial charge on any atom is 0.231 e. The van der Waals surface area contributed by atoms with E-state index in [9.17, 15) is 4.79 Å². The Morgan fingerprint density at radius 2 is 1.97 bits per heavy atom. The number of hydrogen-bond donors (Lipinski definition) is 1. The van der Waals surface area contributed by atoms with Gasteiger partial charge in [0.1, 0.15) is 0 Å². The monoisotopic (exact) mass is 392 g/mol. The highest BCUT2D eigenvalue weighted by Gasteiger charge is 2.25. The third-order valence-electron chi connectivity index (χ3n) is 5.58. The van der Waals surface area contributed by atoms with Crippen molar-refractivity contribution in [2.75, 3.05) is 13.3 Å². The first kappa shape index (κ1) is 19.4. The molecule has 0 saturated heterocycles. The molecule has 29 heavy (non-hydrogen) atoms. The number of benzene rings is 2. The fourth-order valence-electron chi connectivity index (χ4n) is 4.01. The predicted octanol–water partition coefficient (Wildman–Crippen LogP) is 4.83. The number of aryl methyl sites for hydroxylation is 1. The number of ether oxygens (including phenoxy) is 2. The van der Waals surface area contributed by atoms with Crippen LogP contribution in [-0.2, 0) is 11.3 Å². The molecule has 1 amide bonds. The molecule has 0 bridgehead atoms. The number of para-hydroxylation sites is 1. The SMILES string of the molecule is CCCCNC(=O)C[C@@H](c1ccc2c(c1)OCO2)c1cn(CC)c2ccccc12. The van der Waals surface area contributed by atoms with E-state index in [1.165, 1.54) is 16.5 Å². The lowest BCUT2D eigenvalue weighted by Crippen LogP contribution is -2.26. The molecule has 0 radical (unpaired) electrons. The average molecular weight is 392 g/mol. The van der Waals surface area contributed by atoms with Crippen molar-refractivity contribution < 1.29 is 14.3 Å². The first-order valence-electron chi connectivity index (χ1n) is 10.4. The Morgan fingerprint density at radius 1 is 1.14 bits per heavy atom. The van der Waals surface area contributed by atoms with E-state index in [1.807, 2.05) is 12.1 Å². The zero-order valence-electron chi connectivity index (χ0n) is 17.1. The summed E-state index contributed by atoms with van der Waals surface area (Å²) in [5.74, 6) is 1.53. The van der Waals surface area contributed by atoms with E-state index in [0.717, 1.165) is 43.0 Å². The molecule has 0 spiro atoms. The molecule has 3 aromatic rings. The number of nitrogens with one attached hydrogen (secondary N) is 1. The molecule has 0 unspecified atom stereocenters. The molecule has 0 fully saturated rings. The Balaban J connectivity index is 1.73. The van der Waals surface area contributed by atoms with E-state index >= 15 is 0 Å². The van der Waals surface area contributed by atoms with Gasteiger partial charge in [0.05, 0.1) is 0 Å². The second-order valence-corrected chi connectivity index (χ2v) is 7.46. The fraction of sp³-hybridized carbons (Fsp3) is 0.375. The summed E-state index contributed by atoms with van der Waals surface area (Å²) in [6, 6.07) is 14.4. The number of amides is 1. The standard InChI is InChI=1S/C24H28N2O3/c1-3-5-12-25-24(27)14-19(17-10-11-22-23(13-17)29-16-28-22)20-15-26(4-2)21-9-7-6-8-18(20)21/h6-11,13,15,19H,3-5,12,14,16H2,1-2H3,(H,25,27)/t19-/m0/s1. The molecule has 2 heterocycles. The van der Waals surface area contributed by atoms with Crippen LogP contribution in [0.25, 0.3) is 10.9 Å². The molecule has 4 rings (SSSR count). The maximum absolute atomic E-state index is 12.7. The minimum absolute atomic E-state index is 0.0520. The summed E-state index contributed by atoms with van der Waals surface area (Å²) >= 11 is 0. The van der Waals surface area contributed by atoms with E-state index in [4.69, 9.17) is 9.47 Å². The number of unbranched alkanes of at least 4 members (excludes halogenated alkanes) is 1. The van der Waals surface area contributed by atoms with Gasteiger partial charge in [-0.25, -0.2) is 0 Å². The summed E-state index contributed by atoms with van der Waals surface area (Å²) < 4.78 is 13.3. The summed E-state index contributed by atoms with van der Waals surface area (Å²) in [7, 11) is 0. The minimum atomic E-state index is -0.0520. The highest BCUT2D eigenvalue weighted by molar-refractivity contribution is 5.86. The highest BCUT2D eigenvalue weighted by atomic mass is 16.7. The molecule has 1 aromatic heterocycles. The zero-order chi connectivity index (χ0) is 20.2. The third-order valence-corrected chi connectivity index (χ3v) is 5.58. The lowest BCUT2D eigenvalue weighted by Gasteiger charge is -2.18. The minimum Gasteiger partial charge on any atom is -0.454 e. The van der Waals surface area contributed by atoms with Gasteiger partial charge in [-0.1, -0.05) is 37.6 Å². The van der Waals surface area contributed by atoms with Crippen molar-refractivity contribution in [2.24, 2.45) is 0 Å². The molecule has 5 nitrogen and oxygen atoms in total. The van der Waals surface area contributed by atoms with Gasteiger partial charge in [0.15, 0.2) is 11.5 Å². The van der Waals surface area contributed by atoms with Crippen molar-refractivity contribution >= 4 is 16.8 Å². The number of hydrogen-bond acceptors (Lipinski definition) is 3. The predicted molar refractivity (Wildman–Crippen MR) is 115 cm³/mol. The van der Waals surface area contributed by atoms with Gasteiger partial charge >= 0.3 is 0 Å². The van der Waals surface area contributed by atoms with Crippen molar-refractivity contribution in [2.45, 2.75) is 45.6 Å². The summed E-state index contributed by atoms with van der Waals surface area (Å²) in [5.41, 5.74) is 3.44. The number of rotatable bonds is 8. The molecule has 2 aromatic carbocycles. The number of carbonyl (C=O) groups is 1. The van der Waals surface area contributed by atoms with Crippen molar-refractivity contribution in [3.05, 3.63) is 59.8 Å². The molecule has 0 aliphatic carbocycles. The van der Waals surface area contributed by atoms with Gasteiger partial charge in [0.2, 0.25) is 12.7 Å². The van der Waals surface area contributed by atoms with Crippen molar-refractivity contribution in [3.8, 4) is 11.5 Å². The van der Waals surface area contributed by atoms with Gasteiger partial charge in [-0.05, 0) is 42.7 Å². The molecule has 5 heteroatoms. The lowest BCUT2D eigenvalue weighted by atomic mass is 9.87. The van der Waals surface area contributed by atoms with Crippen LogP contribution in [0.2, 0.25) is 0 Å². The van der Waals surface area contributed by atoms with Crippen LogP contribution in [0, 0.1) is 0 Å². The average Bonchev–Trinajstić information content (AvgIpc) is 3.36. The Kier molecular flexibility index (Phi) is 5.74. The lowest BCUT2D eigenvalue weighted by molar-refractivity contribution is -0.121. The molecular weight excluding hydrogens is 364 g/mol. The Labute approximate surface area is 171 Å². The van der Waals surface area contributed by atoms with E-state index in [2.05, 4.69) is 60.3 Å². The molecular formula is C24H28N2O3. The van der Waals surface area contributed by atoms with Gasteiger partial charge in [0, 0.05) is 42.5 Å². The van der Waals surface area contributed by atoms with Gasteiger partial charge in [-0.15, -0.1) is 0 Å². The zero-order valence-corrected chi connectivity index (χ0v) is 17.1. The molecule has 1 aliphatic heterocycles. The summed E-state index contributed by atoms with van der Waals surface area (Å²) in [6.07, 6.45) is 4.66. The number of nitrogens with zero attached hydrogens (tertiary/aromatic N) is 1. The quantitative estimate of drug-likeness (QED) is 0.559. The summed E-state index contributed by atoms with van der Waals surface area (Å²) in [6.45, 7) is 6.12. The van der Waals surface area contributed by atoms with Crippen LogP contribution >= 0.6 is 0 Å². The van der Waals surface area contributed by atoms with Gasteiger partial charge in [-0.3, -0.25) is 4.79 Å². The summed E-state index contributed by atoms with van der Waals surface area (Å²) in [5, 5.41) is 4.27. The van der Waals surface area contributed by atoms with Crippen LogP contribution in [0.1, 0.15) is 50.2 Å². The fourth-order valence-corrected chi connectivity index (χ4v) is 4.01. The van der Waals surface area contributed by atoms with Crippen LogP contribution in [0.3, 0.4) is 0 Å². The maximum atomic E-state index is 12.7. The second kappa shape index (κ2) is 8.60. The van der Waals surface area contributed by atoms with Crippen LogP contribution < -0.4 is 14.8 Å². The van der Waals surface area contributed by atoms with Gasteiger partial charge < -0.3 is 19.4 Å². The highest BCUT2D eigenvalue weighted by Crippen LogP contribution is 2.40. The summed E-state index contributed by atoms with van der Waals surface area (Å²) in [4.78, 5) is 12.7. The molecule has 1 N–H and O–H groups in total. The Hall–Kier alpha value is -2.95. The van der Waals surface area contributed by atoms with Crippen molar-refractivity contribution in [3.63, 3.8) is 0 Å². The second-order valence-electron chi connectivity index (χ2n) is 7.46. The molecule has 152 valence electrons. The molecule has 1 atom stereocenters. The number of carbonyl (C=O) groups excluding carboxylic acids is 1. The van der Waals surface area contributed by atoms with Crippen LogP contribution in [0.5, 0.6) is 11.5 Å². The van der Waals surface area contributed by atoms with Crippen LogP contribution in [-0.4, -0.2) is 23.8 Å². The topological polar surface area (TPSA) is 52.5 Å². The number of fused-ring (bicyclic) bond motifs is 2. The first-order chi connectivity index (χ1) is 14.2. The van der Waals surface area contributed by atoms with Gasteiger partial charge in [0.25, 0.3) is 0 Å². The van der Waals surface area contributed by atoms with Crippen molar-refractivity contribution in [1.82, 2.24) is 9.88 Å². The largest absolute Gasteiger partial charge is 0.454 e. The van der Waals surface area contributed by atoms with E-state index in [-0.39, 0.29) is 18.6 Å². The smallest absolute Gasteiger partial charge is 0.231 e. The normalized spacial score (nSPS) is 13.6. The van der Waals surface area contributed by atoms with Crippen molar-refractivity contribution in [1.29, 1.82) is 0 Å². The van der Waals surface area contributed by atoms with Crippen LogP contribution in [0.4, 0.5) is 0 Å². The first-order valence-corrected chi connectivity index (χ1v) is 10.4. The Morgan fingerprint density at radius 3 is 2.79 bits per heavy atom. The third kappa shape index (κ3) is 3.95. The number of aromatic nitrogens is 1. The molecule has 0 saturated carbocycles. The molecule has 1 aliphatic rings. The van der Waals surface area contributed by atoms with E-state index in [1.54, 1.807) is 0 Å². The van der Waals surface area contributed by atoms with E-state index in [0.29, 0.717) is 6.42 Å². The van der Waals surface area contributed by atoms with Crippen LogP contribution in [0.15, 0.2) is 48.7 Å². The van der Waals surface area contributed by atoms with E-state index < -0.39 is 0 Å². The Bertz CT molecular complexity index is 1010.